The van der Waals surface area contributed by atoms with Crippen LogP contribution in [0.3, 0.4) is 0 Å². The Kier molecular flexibility index (Phi) is 7.67. The van der Waals surface area contributed by atoms with Gasteiger partial charge in [-0.2, -0.15) is 0 Å². The Morgan fingerprint density at radius 3 is 1.48 bits per heavy atom. The first-order valence-corrected chi connectivity index (χ1v) is 13.2. The van der Waals surface area contributed by atoms with Gasteiger partial charge in [-0.3, -0.25) is 4.79 Å². The van der Waals surface area contributed by atoms with Crippen LogP contribution in [0.15, 0.2) is 121 Å². The second kappa shape index (κ2) is 11.0. The molecule has 0 amide bonds. The van der Waals surface area contributed by atoms with E-state index >= 15 is 0 Å². The van der Waals surface area contributed by atoms with Crippen LogP contribution in [0.25, 0.3) is 0 Å². The quantitative estimate of drug-likeness (QED) is 0.306. The molecule has 1 atom stereocenters. The first kappa shape index (κ1) is 22.9. The monoisotopic (exact) mass is 454 g/mol. The number of hydrogen-bond acceptors (Lipinski definition) is 3. The van der Waals surface area contributed by atoms with Gasteiger partial charge in [0.05, 0.1) is 0 Å². The Hall–Kier alpha value is -3.26. The summed E-state index contributed by atoms with van der Waals surface area (Å²) in [6.07, 6.45) is 1.19. The standard InChI is InChI=1S/C29H29NO2P/c30-28(23-24-13-5-1-6-14-24)29(31)32-21-22-33(25-15-7-2-8-16-25,26-17-9-3-10-18-26)27-19-11-4-12-20-27/h1-20,28H,21-23,30H2/q+1/t28-/m0/s1. The molecular formula is C29H29NO2P+. The molecule has 4 rings (SSSR count). The van der Waals surface area contributed by atoms with Gasteiger partial charge in [-0.15, -0.1) is 0 Å². The smallest absolute Gasteiger partial charge is 0.323 e. The summed E-state index contributed by atoms with van der Waals surface area (Å²) in [7, 11) is -2.02. The minimum Gasteiger partial charge on any atom is -0.461 e. The maximum atomic E-state index is 12.7. The van der Waals surface area contributed by atoms with Crippen molar-refractivity contribution in [2.75, 3.05) is 12.8 Å². The Bertz CT molecular complexity index is 1040. The average molecular weight is 455 g/mol. The molecule has 0 unspecified atom stereocenters. The maximum absolute atomic E-state index is 12.7. The summed E-state index contributed by atoms with van der Waals surface area (Å²) in [6, 6.07) is 40.9. The molecule has 4 aromatic carbocycles. The highest BCUT2D eigenvalue weighted by Crippen LogP contribution is 2.54. The molecular weight excluding hydrogens is 425 g/mol. The Balaban J connectivity index is 1.60. The number of carbonyl (C=O) groups is 1. The molecule has 0 heterocycles. The van der Waals surface area contributed by atoms with Gasteiger partial charge < -0.3 is 10.5 Å². The van der Waals surface area contributed by atoms with Crippen molar-refractivity contribution in [3.8, 4) is 0 Å². The van der Waals surface area contributed by atoms with Gasteiger partial charge in [-0.05, 0) is 48.4 Å². The first-order chi connectivity index (χ1) is 16.2. The lowest BCUT2D eigenvalue weighted by Gasteiger charge is -2.27. The van der Waals surface area contributed by atoms with E-state index in [0.29, 0.717) is 13.0 Å². The van der Waals surface area contributed by atoms with Gasteiger partial charge in [-0.1, -0.05) is 84.9 Å². The lowest BCUT2D eigenvalue weighted by atomic mass is 10.1. The molecule has 0 spiro atoms. The fourth-order valence-corrected chi connectivity index (χ4v) is 8.30. The lowest BCUT2D eigenvalue weighted by Crippen LogP contribution is -2.37. The third-order valence-electron chi connectivity index (χ3n) is 5.86. The second-order valence-electron chi connectivity index (χ2n) is 8.00. The number of hydrogen-bond donors (Lipinski definition) is 1. The van der Waals surface area contributed by atoms with Crippen LogP contribution in [0, 0.1) is 0 Å². The van der Waals surface area contributed by atoms with Gasteiger partial charge in [0, 0.05) is 0 Å². The predicted molar refractivity (Wildman–Crippen MR) is 139 cm³/mol. The molecule has 0 saturated carbocycles. The van der Waals surface area contributed by atoms with Crippen molar-refractivity contribution in [1.82, 2.24) is 0 Å². The molecule has 33 heavy (non-hydrogen) atoms. The SMILES string of the molecule is N[C@@H](Cc1ccccc1)C(=O)OCC[P+](c1ccccc1)(c1ccccc1)c1ccccc1. The molecule has 0 aromatic heterocycles. The van der Waals surface area contributed by atoms with Gasteiger partial charge in [0.2, 0.25) is 0 Å². The lowest BCUT2D eigenvalue weighted by molar-refractivity contribution is -0.144. The number of rotatable bonds is 9. The van der Waals surface area contributed by atoms with Crippen molar-refractivity contribution < 1.29 is 9.53 Å². The third-order valence-corrected chi connectivity index (χ3v) is 10.3. The van der Waals surface area contributed by atoms with Crippen molar-refractivity contribution in [2.24, 2.45) is 5.73 Å². The van der Waals surface area contributed by atoms with Gasteiger partial charge in [0.15, 0.2) is 0 Å². The zero-order valence-corrected chi connectivity index (χ0v) is 19.5. The van der Waals surface area contributed by atoms with Gasteiger partial charge in [-0.25, -0.2) is 0 Å². The highest BCUT2D eigenvalue weighted by Gasteiger charge is 2.45. The largest absolute Gasteiger partial charge is 0.461 e. The molecule has 3 nitrogen and oxygen atoms in total. The minimum atomic E-state index is -2.02. The van der Waals surface area contributed by atoms with Crippen molar-refractivity contribution in [3.63, 3.8) is 0 Å². The number of esters is 1. The van der Waals surface area contributed by atoms with E-state index in [2.05, 4.69) is 72.8 Å². The molecule has 0 radical (unpaired) electrons. The number of carbonyl (C=O) groups excluding carboxylic acids is 1. The molecule has 0 aliphatic heterocycles. The van der Waals surface area contributed by atoms with Gasteiger partial charge in [0.25, 0.3) is 0 Å². The van der Waals surface area contributed by atoms with Crippen molar-refractivity contribution in [1.29, 1.82) is 0 Å². The maximum Gasteiger partial charge on any atom is 0.323 e. The Morgan fingerprint density at radius 1 is 0.667 bits per heavy atom. The van der Waals surface area contributed by atoms with E-state index in [1.165, 1.54) is 15.9 Å². The third kappa shape index (κ3) is 5.39. The van der Waals surface area contributed by atoms with Crippen LogP contribution in [0.2, 0.25) is 0 Å². The molecule has 0 fully saturated rings. The fraction of sp³-hybridized carbons (Fsp3) is 0.138. The summed E-state index contributed by atoms with van der Waals surface area (Å²) in [5, 5.41) is 3.81. The molecule has 166 valence electrons. The number of nitrogens with two attached hydrogens (primary N) is 1. The number of benzene rings is 4. The van der Waals surface area contributed by atoms with Gasteiger partial charge in [0.1, 0.15) is 42.0 Å². The van der Waals surface area contributed by atoms with Crippen molar-refractivity contribution >= 4 is 29.1 Å². The van der Waals surface area contributed by atoms with Crippen LogP contribution in [0.1, 0.15) is 5.56 Å². The van der Waals surface area contributed by atoms with E-state index < -0.39 is 13.3 Å². The van der Waals surface area contributed by atoms with E-state index in [-0.39, 0.29) is 5.97 Å². The van der Waals surface area contributed by atoms with Crippen LogP contribution in [-0.4, -0.2) is 24.8 Å². The molecule has 4 aromatic rings. The second-order valence-corrected chi connectivity index (χ2v) is 11.6. The summed E-state index contributed by atoms with van der Waals surface area (Å²) in [5.41, 5.74) is 7.20. The summed E-state index contributed by atoms with van der Waals surface area (Å²) in [4.78, 5) is 12.7. The molecule has 2 N–H and O–H groups in total. The summed E-state index contributed by atoms with van der Waals surface area (Å²) < 4.78 is 5.76. The Morgan fingerprint density at radius 2 is 1.06 bits per heavy atom. The molecule has 0 aliphatic carbocycles. The van der Waals surface area contributed by atoms with Crippen LogP contribution in [0.4, 0.5) is 0 Å². The van der Waals surface area contributed by atoms with Crippen molar-refractivity contribution in [3.05, 3.63) is 127 Å². The molecule has 0 saturated heterocycles. The van der Waals surface area contributed by atoms with Crippen LogP contribution in [0.5, 0.6) is 0 Å². The number of ether oxygens (including phenoxy) is 1. The molecule has 0 bridgehead atoms. The highest BCUT2D eigenvalue weighted by molar-refractivity contribution is 7.95. The highest BCUT2D eigenvalue weighted by atomic mass is 31.2. The molecule has 4 heteroatoms. The van der Waals surface area contributed by atoms with E-state index in [0.717, 1.165) is 11.7 Å². The van der Waals surface area contributed by atoms with Crippen LogP contribution < -0.4 is 21.6 Å². The van der Waals surface area contributed by atoms with E-state index in [9.17, 15) is 4.79 Å². The topological polar surface area (TPSA) is 52.3 Å². The van der Waals surface area contributed by atoms with Crippen molar-refractivity contribution in [2.45, 2.75) is 12.5 Å². The normalized spacial score (nSPS) is 12.2. The van der Waals surface area contributed by atoms with Gasteiger partial charge >= 0.3 is 5.97 Å². The zero-order valence-electron chi connectivity index (χ0n) is 18.6. The van der Waals surface area contributed by atoms with Crippen LogP contribution >= 0.6 is 7.26 Å². The van der Waals surface area contributed by atoms with E-state index in [4.69, 9.17) is 10.5 Å². The molecule has 0 aliphatic rings. The predicted octanol–water partition coefficient (Wildman–Crippen LogP) is 4.09. The minimum absolute atomic E-state index is 0.313. The first-order valence-electron chi connectivity index (χ1n) is 11.2. The zero-order chi connectivity index (χ0) is 22.9. The average Bonchev–Trinajstić information content (AvgIpc) is 2.89. The summed E-state index contributed by atoms with van der Waals surface area (Å²) in [5.74, 6) is -0.355. The fourth-order valence-electron chi connectivity index (χ4n) is 4.22. The van der Waals surface area contributed by atoms with E-state index in [1.54, 1.807) is 0 Å². The van der Waals surface area contributed by atoms with Crippen LogP contribution in [-0.2, 0) is 16.0 Å². The summed E-state index contributed by atoms with van der Waals surface area (Å²) >= 11 is 0. The Labute approximate surface area is 196 Å². The van der Waals surface area contributed by atoms with E-state index in [1.807, 2.05) is 48.5 Å². The summed E-state index contributed by atoms with van der Waals surface area (Å²) in [6.45, 7) is 0.313.